The molecule has 1 heterocycles. The lowest BCUT2D eigenvalue weighted by molar-refractivity contribution is -0.127. The van der Waals surface area contributed by atoms with Crippen LogP contribution in [0.4, 0.5) is 0 Å². The lowest BCUT2D eigenvalue weighted by atomic mass is 9.87. The number of benzene rings is 1. The molecule has 0 spiro atoms. The molecule has 2 rings (SSSR count). The van der Waals surface area contributed by atoms with Crippen molar-refractivity contribution in [2.75, 3.05) is 40.0 Å². The van der Waals surface area contributed by atoms with Crippen molar-refractivity contribution in [2.24, 2.45) is 0 Å². The van der Waals surface area contributed by atoms with Crippen LogP contribution in [-0.2, 0) is 29.7 Å². The fourth-order valence-corrected chi connectivity index (χ4v) is 4.56. The number of methoxy groups -OCH3 is 1. The maximum Gasteiger partial charge on any atom is 0.246 e. The second-order valence-electron chi connectivity index (χ2n) is 8.07. The summed E-state index contributed by atoms with van der Waals surface area (Å²) in [4.78, 5) is 12.2. The standard InChI is InChI=1S/C20H32N2O5S/c1-20(2,3)16-5-7-18(8-6-16)28(24,25)22-11-9-17(10-12-22)21-19(23)15-27-14-13-26-4/h5-8,17H,9-15H2,1-4H3,(H,21,23). The van der Waals surface area contributed by atoms with Gasteiger partial charge in [0.05, 0.1) is 18.1 Å². The molecule has 0 atom stereocenters. The van der Waals surface area contributed by atoms with E-state index in [-0.39, 0.29) is 24.0 Å². The Kier molecular flexibility index (Phi) is 8.00. The van der Waals surface area contributed by atoms with Gasteiger partial charge in [0.2, 0.25) is 15.9 Å². The Morgan fingerprint density at radius 1 is 1.14 bits per heavy atom. The van der Waals surface area contributed by atoms with Gasteiger partial charge in [0, 0.05) is 26.2 Å². The van der Waals surface area contributed by atoms with Gasteiger partial charge in [-0.25, -0.2) is 8.42 Å². The summed E-state index contributed by atoms with van der Waals surface area (Å²) in [7, 11) is -1.94. The van der Waals surface area contributed by atoms with E-state index in [9.17, 15) is 13.2 Å². The molecule has 1 aliphatic heterocycles. The first-order valence-corrected chi connectivity index (χ1v) is 11.1. The van der Waals surface area contributed by atoms with Crippen molar-refractivity contribution in [3.05, 3.63) is 29.8 Å². The summed E-state index contributed by atoms with van der Waals surface area (Å²) in [6.45, 7) is 7.86. The molecule has 0 radical (unpaired) electrons. The summed E-state index contributed by atoms with van der Waals surface area (Å²) >= 11 is 0. The molecular weight excluding hydrogens is 380 g/mol. The summed E-state index contributed by atoms with van der Waals surface area (Å²) in [5.74, 6) is -0.185. The van der Waals surface area contributed by atoms with Gasteiger partial charge in [-0.05, 0) is 36.0 Å². The number of hydrogen-bond donors (Lipinski definition) is 1. The molecule has 1 amide bonds. The molecule has 7 nitrogen and oxygen atoms in total. The number of amides is 1. The zero-order chi connectivity index (χ0) is 20.8. The molecule has 0 aromatic heterocycles. The van der Waals surface area contributed by atoms with Gasteiger partial charge in [-0.3, -0.25) is 4.79 Å². The Balaban J connectivity index is 1.87. The Morgan fingerprint density at radius 3 is 2.29 bits per heavy atom. The molecule has 158 valence electrons. The van der Waals surface area contributed by atoms with Crippen LogP contribution < -0.4 is 5.32 Å². The van der Waals surface area contributed by atoms with Gasteiger partial charge in [0.15, 0.2) is 0 Å². The molecule has 0 saturated carbocycles. The van der Waals surface area contributed by atoms with E-state index in [1.165, 1.54) is 4.31 Å². The SMILES string of the molecule is COCCOCC(=O)NC1CCN(S(=O)(=O)c2ccc(C(C)(C)C)cc2)CC1. The van der Waals surface area contributed by atoms with E-state index in [4.69, 9.17) is 9.47 Å². The van der Waals surface area contributed by atoms with Gasteiger partial charge in [-0.15, -0.1) is 0 Å². The highest BCUT2D eigenvalue weighted by molar-refractivity contribution is 7.89. The Hall–Kier alpha value is -1.48. The Bertz CT molecular complexity index is 733. The molecule has 1 N–H and O–H groups in total. The van der Waals surface area contributed by atoms with Gasteiger partial charge >= 0.3 is 0 Å². The number of piperidine rings is 1. The highest BCUT2D eigenvalue weighted by Gasteiger charge is 2.30. The fourth-order valence-electron chi connectivity index (χ4n) is 3.09. The number of sulfonamides is 1. The Morgan fingerprint density at radius 2 is 1.75 bits per heavy atom. The van der Waals surface area contributed by atoms with Gasteiger partial charge in [-0.2, -0.15) is 4.31 Å². The zero-order valence-corrected chi connectivity index (χ0v) is 18.0. The number of nitrogens with zero attached hydrogens (tertiary/aromatic N) is 1. The summed E-state index contributed by atoms with van der Waals surface area (Å²) in [5.41, 5.74) is 1.08. The van der Waals surface area contributed by atoms with Crippen LogP contribution in [0.5, 0.6) is 0 Å². The normalized spacial score (nSPS) is 16.9. The van der Waals surface area contributed by atoms with Crippen LogP contribution in [0, 0.1) is 0 Å². The van der Waals surface area contributed by atoms with E-state index in [0.29, 0.717) is 44.0 Å². The van der Waals surface area contributed by atoms with Gasteiger partial charge in [-0.1, -0.05) is 32.9 Å². The van der Waals surface area contributed by atoms with Crippen molar-refractivity contribution in [2.45, 2.75) is 50.0 Å². The van der Waals surface area contributed by atoms with Crippen LogP contribution in [0.1, 0.15) is 39.2 Å². The van der Waals surface area contributed by atoms with Gasteiger partial charge < -0.3 is 14.8 Å². The largest absolute Gasteiger partial charge is 0.382 e. The predicted molar refractivity (Wildman–Crippen MR) is 108 cm³/mol. The molecule has 1 aromatic carbocycles. The summed E-state index contributed by atoms with van der Waals surface area (Å²) in [6, 6.07) is 7.09. The van der Waals surface area contributed by atoms with Gasteiger partial charge in [0.25, 0.3) is 0 Å². The minimum absolute atomic E-state index is 0.0119. The second kappa shape index (κ2) is 9.82. The first kappa shape index (κ1) is 22.8. The minimum atomic E-state index is -3.51. The van der Waals surface area contributed by atoms with Crippen LogP contribution in [0.2, 0.25) is 0 Å². The number of rotatable bonds is 8. The van der Waals surface area contributed by atoms with Crippen molar-refractivity contribution in [3.63, 3.8) is 0 Å². The first-order valence-electron chi connectivity index (χ1n) is 9.61. The molecule has 1 aromatic rings. The quantitative estimate of drug-likeness (QED) is 0.660. The molecule has 1 aliphatic rings. The molecular formula is C20H32N2O5S. The van der Waals surface area contributed by atoms with Gasteiger partial charge in [0.1, 0.15) is 6.61 Å². The monoisotopic (exact) mass is 412 g/mol. The second-order valence-corrected chi connectivity index (χ2v) is 10.0. The molecule has 8 heteroatoms. The van der Waals surface area contributed by atoms with E-state index < -0.39 is 10.0 Å². The number of carbonyl (C=O) groups excluding carboxylic acids is 1. The minimum Gasteiger partial charge on any atom is -0.382 e. The number of hydrogen-bond acceptors (Lipinski definition) is 5. The average molecular weight is 413 g/mol. The molecule has 28 heavy (non-hydrogen) atoms. The third-order valence-electron chi connectivity index (χ3n) is 4.84. The Labute approximate surface area is 168 Å². The maximum absolute atomic E-state index is 12.9. The van der Waals surface area contributed by atoms with Crippen LogP contribution >= 0.6 is 0 Å². The van der Waals surface area contributed by atoms with Crippen molar-refractivity contribution >= 4 is 15.9 Å². The maximum atomic E-state index is 12.9. The van der Waals surface area contributed by atoms with Crippen LogP contribution in [0.3, 0.4) is 0 Å². The third kappa shape index (κ3) is 6.27. The van der Waals surface area contributed by atoms with Crippen LogP contribution in [0.15, 0.2) is 29.2 Å². The van der Waals surface area contributed by atoms with Crippen LogP contribution in [0.25, 0.3) is 0 Å². The molecule has 1 saturated heterocycles. The highest BCUT2D eigenvalue weighted by atomic mass is 32.2. The third-order valence-corrected chi connectivity index (χ3v) is 6.75. The van der Waals surface area contributed by atoms with Crippen molar-refractivity contribution in [3.8, 4) is 0 Å². The van der Waals surface area contributed by atoms with Crippen molar-refractivity contribution < 1.29 is 22.7 Å². The smallest absolute Gasteiger partial charge is 0.246 e. The topological polar surface area (TPSA) is 84.9 Å². The van der Waals surface area contributed by atoms with E-state index in [2.05, 4.69) is 26.1 Å². The lowest BCUT2D eigenvalue weighted by Gasteiger charge is -2.31. The van der Waals surface area contributed by atoms with E-state index in [1.807, 2.05) is 12.1 Å². The summed E-state index contributed by atoms with van der Waals surface area (Å²) in [5, 5.41) is 2.91. The number of carbonyl (C=O) groups is 1. The summed E-state index contributed by atoms with van der Waals surface area (Å²) < 4.78 is 37.3. The average Bonchev–Trinajstić information content (AvgIpc) is 2.65. The lowest BCUT2D eigenvalue weighted by Crippen LogP contribution is -2.47. The molecule has 0 bridgehead atoms. The van der Waals surface area contributed by atoms with E-state index >= 15 is 0 Å². The van der Waals surface area contributed by atoms with E-state index in [0.717, 1.165) is 5.56 Å². The highest BCUT2D eigenvalue weighted by Crippen LogP contribution is 2.26. The predicted octanol–water partition coefficient (Wildman–Crippen LogP) is 1.92. The summed E-state index contributed by atoms with van der Waals surface area (Å²) in [6.07, 6.45) is 1.17. The van der Waals surface area contributed by atoms with Crippen molar-refractivity contribution in [1.82, 2.24) is 9.62 Å². The molecule has 0 unspecified atom stereocenters. The molecule has 1 fully saturated rings. The number of ether oxygens (including phenoxy) is 2. The fraction of sp³-hybridized carbons (Fsp3) is 0.650. The van der Waals surface area contributed by atoms with Crippen molar-refractivity contribution in [1.29, 1.82) is 0 Å². The zero-order valence-electron chi connectivity index (χ0n) is 17.2. The molecule has 0 aliphatic carbocycles. The van der Waals surface area contributed by atoms with E-state index in [1.54, 1.807) is 19.2 Å². The number of nitrogens with one attached hydrogen (secondary N) is 1. The first-order chi connectivity index (χ1) is 13.1. The van der Waals surface area contributed by atoms with Crippen LogP contribution in [-0.4, -0.2) is 64.7 Å².